The van der Waals surface area contributed by atoms with Gasteiger partial charge in [-0.25, -0.2) is 0 Å². The summed E-state index contributed by atoms with van der Waals surface area (Å²) >= 11 is 6.20. The number of benzene rings is 2. The van der Waals surface area contributed by atoms with Gasteiger partial charge in [0.25, 0.3) is 5.91 Å². The van der Waals surface area contributed by atoms with E-state index in [-0.39, 0.29) is 17.7 Å². The van der Waals surface area contributed by atoms with Crippen LogP contribution in [0.15, 0.2) is 59.0 Å². The van der Waals surface area contributed by atoms with Gasteiger partial charge in [-0.05, 0) is 30.3 Å². The second-order valence-corrected chi connectivity index (χ2v) is 8.15. The van der Waals surface area contributed by atoms with Gasteiger partial charge in [0.2, 0.25) is 5.91 Å². The molecule has 3 aromatic rings. The molecule has 6 heteroatoms. The van der Waals surface area contributed by atoms with E-state index in [0.717, 1.165) is 28.3 Å². The van der Waals surface area contributed by atoms with E-state index in [1.54, 1.807) is 17.0 Å². The topological polar surface area (TPSA) is 62.6 Å². The molecule has 1 aromatic heterocycles. The van der Waals surface area contributed by atoms with Crippen LogP contribution in [0.4, 0.5) is 5.69 Å². The van der Waals surface area contributed by atoms with Crippen molar-refractivity contribution in [3.63, 3.8) is 0 Å². The Hall–Kier alpha value is -3.05. The fourth-order valence-electron chi connectivity index (χ4n) is 3.49. The van der Waals surface area contributed by atoms with Crippen LogP contribution in [-0.4, -0.2) is 23.3 Å². The zero-order chi connectivity index (χ0) is 21.3. The molecule has 2 heterocycles. The molecule has 0 fully saturated rings. The first kappa shape index (κ1) is 20.2. The number of anilines is 1. The van der Waals surface area contributed by atoms with Gasteiger partial charge in [-0.2, -0.15) is 0 Å². The summed E-state index contributed by atoms with van der Waals surface area (Å²) in [5.74, 6) is 1.43. The smallest absolute Gasteiger partial charge is 0.255 e. The molecule has 5 nitrogen and oxygen atoms in total. The van der Waals surface area contributed by atoms with E-state index in [1.807, 2.05) is 56.3 Å². The zero-order valence-electron chi connectivity index (χ0n) is 16.9. The molecular formula is C24H23ClN2O3. The SMILES string of the molecule is CC(C)C(=O)Nc1cccc(-c2cc3c(o2)CCN(C(=O)c2ccccc2Cl)C3)c1. The quantitative estimate of drug-likeness (QED) is 0.612. The summed E-state index contributed by atoms with van der Waals surface area (Å²) < 4.78 is 6.08. The third-order valence-electron chi connectivity index (χ3n) is 5.20. The van der Waals surface area contributed by atoms with Crippen LogP contribution < -0.4 is 5.32 Å². The van der Waals surface area contributed by atoms with Crippen molar-refractivity contribution in [2.45, 2.75) is 26.8 Å². The van der Waals surface area contributed by atoms with Crippen LogP contribution in [0.1, 0.15) is 35.5 Å². The van der Waals surface area contributed by atoms with Crippen LogP contribution in [0.25, 0.3) is 11.3 Å². The van der Waals surface area contributed by atoms with E-state index in [4.69, 9.17) is 16.0 Å². The number of hydrogen-bond acceptors (Lipinski definition) is 3. The van der Waals surface area contributed by atoms with Crippen molar-refractivity contribution in [1.29, 1.82) is 0 Å². The van der Waals surface area contributed by atoms with Crippen molar-refractivity contribution in [2.75, 3.05) is 11.9 Å². The van der Waals surface area contributed by atoms with Crippen molar-refractivity contribution < 1.29 is 14.0 Å². The summed E-state index contributed by atoms with van der Waals surface area (Å²) in [5.41, 5.74) is 3.12. The molecule has 0 saturated heterocycles. The number of halogens is 1. The molecule has 0 unspecified atom stereocenters. The Bertz CT molecular complexity index is 1100. The highest BCUT2D eigenvalue weighted by molar-refractivity contribution is 6.33. The molecule has 154 valence electrons. The Morgan fingerprint density at radius 1 is 1.10 bits per heavy atom. The summed E-state index contributed by atoms with van der Waals surface area (Å²) in [7, 11) is 0. The van der Waals surface area contributed by atoms with Gasteiger partial charge in [0.05, 0.1) is 10.6 Å². The fourth-order valence-corrected chi connectivity index (χ4v) is 3.71. The molecule has 1 aliphatic heterocycles. The summed E-state index contributed by atoms with van der Waals surface area (Å²) in [6.45, 7) is 4.77. The summed E-state index contributed by atoms with van der Waals surface area (Å²) in [6.07, 6.45) is 0.648. The van der Waals surface area contributed by atoms with Crippen molar-refractivity contribution in [1.82, 2.24) is 4.90 Å². The van der Waals surface area contributed by atoms with Gasteiger partial charge in [0.1, 0.15) is 11.5 Å². The van der Waals surface area contributed by atoms with E-state index in [9.17, 15) is 9.59 Å². The van der Waals surface area contributed by atoms with Gasteiger partial charge in [0.15, 0.2) is 0 Å². The molecule has 0 aliphatic carbocycles. The Kier molecular flexibility index (Phi) is 5.64. The molecule has 2 amide bonds. The molecule has 0 saturated carbocycles. The first-order valence-corrected chi connectivity index (χ1v) is 10.4. The minimum atomic E-state index is -0.0915. The van der Waals surface area contributed by atoms with E-state index < -0.39 is 0 Å². The van der Waals surface area contributed by atoms with E-state index in [1.165, 1.54) is 0 Å². The molecule has 30 heavy (non-hydrogen) atoms. The zero-order valence-corrected chi connectivity index (χ0v) is 17.7. The molecule has 1 aliphatic rings. The van der Waals surface area contributed by atoms with Crippen LogP contribution in [0, 0.1) is 5.92 Å². The maximum Gasteiger partial charge on any atom is 0.255 e. The number of carbonyl (C=O) groups is 2. The molecule has 0 radical (unpaired) electrons. The highest BCUT2D eigenvalue weighted by Gasteiger charge is 2.26. The molecule has 0 atom stereocenters. The third-order valence-corrected chi connectivity index (χ3v) is 5.53. The first-order valence-electron chi connectivity index (χ1n) is 9.99. The van der Waals surface area contributed by atoms with Crippen LogP contribution in [-0.2, 0) is 17.8 Å². The highest BCUT2D eigenvalue weighted by Crippen LogP contribution is 2.31. The largest absolute Gasteiger partial charge is 0.461 e. The summed E-state index contributed by atoms with van der Waals surface area (Å²) in [4.78, 5) is 26.7. The van der Waals surface area contributed by atoms with Crippen LogP contribution >= 0.6 is 11.6 Å². The van der Waals surface area contributed by atoms with Gasteiger partial charge >= 0.3 is 0 Å². The van der Waals surface area contributed by atoms with Crippen LogP contribution in [0.3, 0.4) is 0 Å². The molecule has 4 rings (SSSR count). The highest BCUT2D eigenvalue weighted by atomic mass is 35.5. The third kappa shape index (κ3) is 4.12. The van der Waals surface area contributed by atoms with Crippen molar-refractivity contribution in [3.8, 4) is 11.3 Å². The lowest BCUT2D eigenvalue weighted by atomic mass is 10.1. The van der Waals surface area contributed by atoms with Gasteiger partial charge in [-0.1, -0.05) is 49.7 Å². The maximum atomic E-state index is 12.9. The first-order chi connectivity index (χ1) is 14.4. The summed E-state index contributed by atoms with van der Waals surface area (Å²) in [6, 6.07) is 16.7. The number of nitrogens with one attached hydrogen (secondary N) is 1. The number of nitrogens with zero attached hydrogens (tertiary/aromatic N) is 1. The van der Waals surface area contributed by atoms with Gasteiger partial charge in [-0.15, -0.1) is 0 Å². The van der Waals surface area contributed by atoms with Crippen LogP contribution in [0.2, 0.25) is 5.02 Å². The Labute approximate surface area is 180 Å². The van der Waals surface area contributed by atoms with E-state index in [2.05, 4.69) is 5.32 Å². The van der Waals surface area contributed by atoms with Gasteiger partial charge in [0, 0.05) is 42.2 Å². The predicted octanol–water partition coefficient (Wildman–Crippen LogP) is 5.39. The number of rotatable bonds is 4. The lowest BCUT2D eigenvalue weighted by Crippen LogP contribution is -2.35. The average Bonchev–Trinajstić information content (AvgIpc) is 3.17. The Morgan fingerprint density at radius 3 is 2.67 bits per heavy atom. The van der Waals surface area contributed by atoms with Crippen molar-refractivity contribution in [3.05, 3.63) is 76.5 Å². The lowest BCUT2D eigenvalue weighted by molar-refractivity contribution is -0.118. The lowest BCUT2D eigenvalue weighted by Gasteiger charge is -2.26. The summed E-state index contributed by atoms with van der Waals surface area (Å²) in [5, 5.41) is 3.37. The average molecular weight is 423 g/mol. The molecule has 2 aromatic carbocycles. The molecular weight excluding hydrogens is 400 g/mol. The number of fused-ring (bicyclic) bond motifs is 1. The Balaban J connectivity index is 1.54. The minimum absolute atomic E-state index is 0.0281. The van der Waals surface area contributed by atoms with Gasteiger partial charge < -0.3 is 14.6 Å². The molecule has 0 spiro atoms. The number of amides is 2. The number of carbonyl (C=O) groups excluding carboxylic acids is 2. The minimum Gasteiger partial charge on any atom is -0.461 e. The fraction of sp³-hybridized carbons (Fsp3) is 0.250. The molecule has 1 N–H and O–H groups in total. The monoisotopic (exact) mass is 422 g/mol. The second kappa shape index (κ2) is 8.36. The molecule has 0 bridgehead atoms. The Morgan fingerprint density at radius 2 is 1.90 bits per heavy atom. The van der Waals surface area contributed by atoms with Crippen molar-refractivity contribution in [2.24, 2.45) is 5.92 Å². The van der Waals surface area contributed by atoms with Crippen molar-refractivity contribution >= 4 is 29.1 Å². The predicted molar refractivity (Wildman–Crippen MR) is 118 cm³/mol. The van der Waals surface area contributed by atoms with E-state index >= 15 is 0 Å². The number of hydrogen-bond donors (Lipinski definition) is 1. The normalized spacial score (nSPS) is 13.3. The standard InChI is InChI=1S/C24H23ClN2O3/c1-15(2)23(28)26-18-7-5-6-16(12-18)22-13-17-14-27(11-10-21(17)30-22)24(29)19-8-3-4-9-20(19)25/h3-9,12-13,15H,10-11,14H2,1-2H3,(H,26,28). The second-order valence-electron chi connectivity index (χ2n) is 7.74. The van der Waals surface area contributed by atoms with Crippen LogP contribution in [0.5, 0.6) is 0 Å². The van der Waals surface area contributed by atoms with E-state index in [0.29, 0.717) is 30.1 Å². The number of furan rings is 1. The van der Waals surface area contributed by atoms with Gasteiger partial charge in [-0.3, -0.25) is 9.59 Å². The maximum absolute atomic E-state index is 12.9.